The summed E-state index contributed by atoms with van der Waals surface area (Å²) >= 11 is 0. The van der Waals surface area contributed by atoms with Crippen LogP contribution in [0.1, 0.15) is 32.0 Å². The summed E-state index contributed by atoms with van der Waals surface area (Å²) in [7, 11) is 1.93. The molecule has 0 radical (unpaired) electrons. The zero-order valence-electron chi connectivity index (χ0n) is 8.90. The van der Waals surface area contributed by atoms with Gasteiger partial charge in [-0.15, -0.1) is 0 Å². The second-order valence-corrected chi connectivity index (χ2v) is 4.03. The zero-order valence-corrected chi connectivity index (χ0v) is 8.90. The first-order chi connectivity index (χ1) is 6.81. The molecule has 78 valence electrons. The van der Waals surface area contributed by atoms with E-state index in [1.165, 1.54) is 19.3 Å². The van der Waals surface area contributed by atoms with Gasteiger partial charge in [0.2, 0.25) is 0 Å². The Balaban J connectivity index is 1.83. The molecule has 1 aliphatic rings. The van der Waals surface area contributed by atoms with Crippen molar-refractivity contribution in [3.63, 3.8) is 0 Å². The first-order valence-electron chi connectivity index (χ1n) is 5.37. The quantitative estimate of drug-likeness (QED) is 0.763. The van der Waals surface area contributed by atoms with Crippen molar-refractivity contribution in [1.82, 2.24) is 20.1 Å². The van der Waals surface area contributed by atoms with Crippen LogP contribution in [0, 0.1) is 5.92 Å². The zero-order chi connectivity index (χ0) is 9.97. The fourth-order valence-corrected chi connectivity index (χ4v) is 1.85. The minimum Gasteiger partial charge on any atom is -0.307 e. The molecule has 1 fully saturated rings. The van der Waals surface area contributed by atoms with Crippen LogP contribution in [0.5, 0.6) is 0 Å². The number of hydrogen-bond donors (Lipinski definition) is 1. The second-order valence-electron chi connectivity index (χ2n) is 4.03. The minimum atomic E-state index is 0.673. The largest absolute Gasteiger partial charge is 0.307 e. The van der Waals surface area contributed by atoms with E-state index in [2.05, 4.69) is 22.3 Å². The van der Waals surface area contributed by atoms with Crippen molar-refractivity contribution in [2.75, 3.05) is 0 Å². The molecule has 0 bridgehead atoms. The summed E-state index contributed by atoms with van der Waals surface area (Å²) < 4.78 is 1.83. The molecule has 1 heterocycles. The van der Waals surface area contributed by atoms with Gasteiger partial charge in [-0.3, -0.25) is 4.68 Å². The van der Waals surface area contributed by atoms with Crippen molar-refractivity contribution in [2.45, 2.75) is 38.8 Å². The third-order valence-corrected chi connectivity index (χ3v) is 2.96. The Labute approximate surface area is 84.7 Å². The lowest BCUT2D eigenvalue weighted by Crippen LogP contribution is -2.30. The van der Waals surface area contributed by atoms with E-state index in [1.54, 1.807) is 6.33 Å². The van der Waals surface area contributed by atoms with Crippen molar-refractivity contribution in [3.05, 3.63) is 12.2 Å². The third-order valence-electron chi connectivity index (χ3n) is 2.96. The molecular formula is C10H18N4. The number of hydrogen-bond acceptors (Lipinski definition) is 3. The van der Waals surface area contributed by atoms with Crippen LogP contribution in [0.15, 0.2) is 6.33 Å². The molecule has 1 unspecified atom stereocenters. The lowest BCUT2D eigenvalue weighted by atomic mass is 10.1. The molecule has 1 aliphatic carbocycles. The van der Waals surface area contributed by atoms with E-state index in [1.807, 2.05) is 11.7 Å². The maximum absolute atomic E-state index is 4.19. The maximum Gasteiger partial charge on any atom is 0.140 e. The van der Waals surface area contributed by atoms with Gasteiger partial charge in [0.15, 0.2) is 0 Å². The van der Waals surface area contributed by atoms with Crippen molar-refractivity contribution in [2.24, 2.45) is 13.0 Å². The molecule has 1 N–H and O–H groups in total. The van der Waals surface area contributed by atoms with E-state index in [4.69, 9.17) is 0 Å². The number of aromatic nitrogens is 3. The average Bonchev–Trinajstić information content (AvgIpc) is 2.93. The van der Waals surface area contributed by atoms with Crippen LogP contribution >= 0.6 is 0 Å². The van der Waals surface area contributed by atoms with Crippen LogP contribution in [0.4, 0.5) is 0 Å². The molecule has 0 aliphatic heterocycles. The van der Waals surface area contributed by atoms with Gasteiger partial charge in [-0.2, -0.15) is 5.10 Å². The molecule has 0 amide bonds. The number of aryl methyl sites for hydroxylation is 1. The highest BCUT2D eigenvalue weighted by Crippen LogP contribution is 2.33. The summed E-state index contributed by atoms with van der Waals surface area (Å²) in [4.78, 5) is 4.19. The second kappa shape index (κ2) is 4.09. The predicted molar refractivity (Wildman–Crippen MR) is 54.6 cm³/mol. The molecule has 1 aromatic rings. The van der Waals surface area contributed by atoms with E-state index in [9.17, 15) is 0 Å². The average molecular weight is 194 g/mol. The van der Waals surface area contributed by atoms with E-state index in [0.29, 0.717) is 6.04 Å². The molecule has 0 aromatic carbocycles. The highest BCUT2D eigenvalue weighted by atomic mass is 15.3. The summed E-state index contributed by atoms with van der Waals surface area (Å²) in [6.07, 6.45) is 5.60. The highest BCUT2D eigenvalue weighted by Gasteiger charge is 2.29. The summed E-state index contributed by atoms with van der Waals surface area (Å²) in [5.41, 5.74) is 0. The van der Waals surface area contributed by atoms with Gasteiger partial charge in [0, 0.05) is 13.1 Å². The van der Waals surface area contributed by atoms with Gasteiger partial charge in [0.1, 0.15) is 12.2 Å². The molecule has 4 nitrogen and oxygen atoms in total. The molecule has 1 saturated carbocycles. The highest BCUT2D eigenvalue weighted by molar-refractivity contribution is 4.89. The van der Waals surface area contributed by atoms with Gasteiger partial charge in [-0.1, -0.05) is 6.92 Å². The SMILES string of the molecule is CCC(NCc1ncnn1C)C1CC1. The van der Waals surface area contributed by atoms with Crippen molar-refractivity contribution < 1.29 is 0 Å². The third kappa shape index (κ3) is 2.12. The molecule has 14 heavy (non-hydrogen) atoms. The van der Waals surface area contributed by atoms with E-state index >= 15 is 0 Å². The normalized spacial score (nSPS) is 18.4. The summed E-state index contributed by atoms with van der Waals surface area (Å²) in [6.45, 7) is 3.08. The van der Waals surface area contributed by atoms with Crippen molar-refractivity contribution >= 4 is 0 Å². The minimum absolute atomic E-state index is 0.673. The number of rotatable bonds is 5. The van der Waals surface area contributed by atoms with E-state index < -0.39 is 0 Å². The molecule has 1 aromatic heterocycles. The Kier molecular flexibility index (Phi) is 2.82. The van der Waals surface area contributed by atoms with Gasteiger partial charge >= 0.3 is 0 Å². The van der Waals surface area contributed by atoms with Crippen LogP contribution in [0.25, 0.3) is 0 Å². The topological polar surface area (TPSA) is 42.7 Å². The predicted octanol–water partition coefficient (Wildman–Crippen LogP) is 1.09. The van der Waals surface area contributed by atoms with Crippen LogP contribution in [-0.2, 0) is 13.6 Å². The Morgan fingerprint density at radius 3 is 2.93 bits per heavy atom. The van der Waals surface area contributed by atoms with E-state index in [-0.39, 0.29) is 0 Å². The van der Waals surface area contributed by atoms with Gasteiger partial charge in [0.05, 0.1) is 6.54 Å². The Hall–Kier alpha value is -0.900. The Bertz CT molecular complexity index is 290. The van der Waals surface area contributed by atoms with Crippen LogP contribution in [0.3, 0.4) is 0 Å². The van der Waals surface area contributed by atoms with Crippen molar-refractivity contribution in [3.8, 4) is 0 Å². The summed E-state index contributed by atoms with van der Waals surface area (Å²) in [6, 6.07) is 0.673. The lowest BCUT2D eigenvalue weighted by molar-refractivity contribution is 0.437. The smallest absolute Gasteiger partial charge is 0.140 e. The first kappa shape index (κ1) is 9.65. The van der Waals surface area contributed by atoms with Crippen LogP contribution in [0.2, 0.25) is 0 Å². The summed E-state index contributed by atoms with van der Waals surface area (Å²) in [5.74, 6) is 1.93. The van der Waals surface area contributed by atoms with Gasteiger partial charge in [-0.05, 0) is 25.2 Å². The molecule has 4 heteroatoms. The molecular weight excluding hydrogens is 176 g/mol. The maximum atomic E-state index is 4.19. The molecule has 1 atom stereocenters. The van der Waals surface area contributed by atoms with E-state index in [0.717, 1.165) is 18.3 Å². The fraction of sp³-hybridized carbons (Fsp3) is 0.800. The van der Waals surface area contributed by atoms with Crippen LogP contribution in [-0.4, -0.2) is 20.8 Å². The van der Waals surface area contributed by atoms with Crippen molar-refractivity contribution in [1.29, 1.82) is 0 Å². The number of nitrogens with one attached hydrogen (secondary N) is 1. The van der Waals surface area contributed by atoms with Gasteiger partial charge in [0.25, 0.3) is 0 Å². The fourth-order valence-electron chi connectivity index (χ4n) is 1.85. The Morgan fingerprint density at radius 2 is 2.43 bits per heavy atom. The molecule has 0 spiro atoms. The number of nitrogens with zero attached hydrogens (tertiary/aromatic N) is 3. The van der Waals surface area contributed by atoms with Gasteiger partial charge < -0.3 is 5.32 Å². The van der Waals surface area contributed by atoms with Crippen LogP contribution < -0.4 is 5.32 Å². The first-order valence-corrected chi connectivity index (χ1v) is 5.37. The summed E-state index contributed by atoms with van der Waals surface area (Å²) in [5, 5.41) is 7.60. The Morgan fingerprint density at radius 1 is 1.64 bits per heavy atom. The molecule has 2 rings (SSSR count). The molecule has 0 saturated heterocycles. The lowest BCUT2D eigenvalue weighted by Gasteiger charge is -2.15. The monoisotopic (exact) mass is 194 g/mol. The van der Waals surface area contributed by atoms with Gasteiger partial charge in [-0.25, -0.2) is 4.98 Å². The standard InChI is InChI=1S/C10H18N4/c1-3-9(8-4-5-8)11-6-10-12-7-13-14(10)2/h7-9,11H,3-6H2,1-2H3.